The van der Waals surface area contributed by atoms with Crippen molar-refractivity contribution >= 4 is 5.78 Å². The second-order valence-electron chi connectivity index (χ2n) is 3.37. The molecule has 0 saturated carbocycles. The van der Waals surface area contributed by atoms with Gasteiger partial charge in [0.2, 0.25) is 0 Å². The summed E-state index contributed by atoms with van der Waals surface area (Å²) in [5.41, 5.74) is 1.39. The smallest absolute Gasteiger partial charge is 0.169 e. The van der Waals surface area contributed by atoms with Crippen molar-refractivity contribution in [3.63, 3.8) is 0 Å². The van der Waals surface area contributed by atoms with Gasteiger partial charge in [0, 0.05) is 12.0 Å². The molecule has 1 aromatic carbocycles. The highest BCUT2D eigenvalue weighted by Crippen LogP contribution is 2.25. The molecule has 1 aromatic rings. The number of nitrogens with zero attached hydrogens (tertiary/aromatic N) is 1. The van der Waals surface area contributed by atoms with Gasteiger partial charge in [-0.25, -0.2) is 0 Å². The number of carbonyl (C=O) groups excluding carboxylic acids is 1. The Bertz CT molecular complexity index is 529. The molecule has 0 radical (unpaired) electrons. The van der Waals surface area contributed by atoms with Gasteiger partial charge in [-0.2, -0.15) is 5.26 Å². The molecule has 78 valence electrons. The third-order valence-corrected chi connectivity index (χ3v) is 2.27. The first-order valence-corrected chi connectivity index (χ1v) is 4.97. The number of hydrogen-bond donors (Lipinski definition) is 0. The zero-order valence-electron chi connectivity index (χ0n) is 8.62. The maximum Gasteiger partial charge on any atom is 0.169 e. The lowest BCUT2D eigenvalue weighted by molar-refractivity contribution is 0.0933. The van der Waals surface area contributed by atoms with E-state index in [0.29, 0.717) is 24.3 Å². The molecule has 0 bridgehead atoms. The summed E-state index contributed by atoms with van der Waals surface area (Å²) >= 11 is 0. The third kappa shape index (κ3) is 2.04. The predicted molar refractivity (Wildman–Crippen MR) is 58.0 cm³/mol. The Balaban J connectivity index is 2.30. The molecule has 0 saturated heterocycles. The number of rotatable bonds is 0. The summed E-state index contributed by atoms with van der Waals surface area (Å²) in [5, 5.41) is 8.35. The molecule has 0 fully saturated rings. The monoisotopic (exact) mass is 211 g/mol. The summed E-state index contributed by atoms with van der Waals surface area (Å²) < 4.78 is 5.39. The van der Waals surface area contributed by atoms with Crippen molar-refractivity contribution in [3.05, 3.63) is 29.3 Å². The van der Waals surface area contributed by atoms with Crippen molar-refractivity contribution in [2.24, 2.45) is 0 Å². The Morgan fingerprint density at radius 3 is 3.12 bits per heavy atom. The minimum Gasteiger partial charge on any atom is -0.492 e. The maximum absolute atomic E-state index is 11.5. The van der Waals surface area contributed by atoms with E-state index in [1.54, 1.807) is 18.2 Å². The summed E-state index contributed by atoms with van der Waals surface area (Å²) in [6.07, 6.45) is 0.642. The van der Waals surface area contributed by atoms with Gasteiger partial charge in [-0.1, -0.05) is 11.8 Å². The zero-order valence-corrected chi connectivity index (χ0v) is 8.62. The molecule has 2 rings (SSSR count). The van der Waals surface area contributed by atoms with E-state index in [-0.39, 0.29) is 12.2 Å². The van der Waals surface area contributed by atoms with Crippen molar-refractivity contribution in [1.29, 1.82) is 5.26 Å². The third-order valence-electron chi connectivity index (χ3n) is 2.27. The van der Waals surface area contributed by atoms with Crippen molar-refractivity contribution < 1.29 is 9.53 Å². The second-order valence-corrected chi connectivity index (χ2v) is 3.37. The van der Waals surface area contributed by atoms with Crippen LogP contribution < -0.4 is 4.74 Å². The molecule has 0 amide bonds. The van der Waals surface area contributed by atoms with E-state index in [4.69, 9.17) is 10.00 Å². The van der Waals surface area contributed by atoms with E-state index in [0.717, 1.165) is 5.56 Å². The largest absolute Gasteiger partial charge is 0.492 e. The summed E-state index contributed by atoms with van der Waals surface area (Å²) in [7, 11) is 0. The molecule has 3 nitrogen and oxygen atoms in total. The number of nitriles is 1. The van der Waals surface area contributed by atoms with E-state index in [2.05, 4.69) is 11.8 Å². The molecule has 3 heteroatoms. The normalized spacial score (nSPS) is 12.8. The highest BCUT2D eigenvalue weighted by atomic mass is 16.5. The molecule has 0 N–H and O–H groups in total. The molecule has 16 heavy (non-hydrogen) atoms. The van der Waals surface area contributed by atoms with Crippen LogP contribution in [0.3, 0.4) is 0 Å². The minimum absolute atomic E-state index is 0.109. The van der Waals surface area contributed by atoms with Crippen LogP contribution in [0, 0.1) is 23.2 Å². The molecule has 0 spiro atoms. The van der Waals surface area contributed by atoms with Crippen LogP contribution in [0.4, 0.5) is 0 Å². The Labute approximate surface area is 93.6 Å². The van der Waals surface area contributed by atoms with Gasteiger partial charge in [-0.15, -0.1) is 0 Å². The van der Waals surface area contributed by atoms with Crippen LogP contribution in [0.1, 0.15) is 28.8 Å². The quantitative estimate of drug-likeness (QED) is 0.616. The molecule has 0 unspecified atom stereocenters. The average Bonchev–Trinajstić information content (AvgIpc) is 2.30. The van der Waals surface area contributed by atoms with E-state index in [9.17, 15) is 4.79 Å². The fourth-order valence-electron chi connectivity index (χ4n) is 1.52. The maximum atomic E-state index is 11.5. The van der Waals surface area contributed by atoms with Crippen molar-refractivity contribution in [2.75, 3.05) is 6.61 Å². The average molecular weight is 211 g/mol. The van der Waals surface area contributed by atoms with Gasteiger partial charge in [0.05, 0.1) is 24.7 Å². The number of ketones is 1. The van der Waals surface area contributed by atoms with E-state index in [1.165, 1.54) is 0 Å². The second kappa shape index (κ2) is 4.51. The molecular weight excluding hydrogens is 202 g/mol. The Hall–Kier alpha value is -2.26. The molecule has 0 atom stereocenters. The summed E-state index contributed by atoms with van der Waals surface area (Å²) in [4.78, 5) is 11.5. The number of benzene rings is 1. The first kappa shape index (κ1) is 10.3. The van der Waals surface area contributed by atoms with Crippen LogP contribution in [0.5, 0.6) is 5.75 Å². The van der Waals surface area contributed by atoms with Crippen LogP contribution in [0.25, 0.3) is 0 Å². The van der Waals surface area contributed by atoms with Gasteiger partial charge in [0.15, 0.2) is 5.78 Å². The predicted octanol–water partition coefficient (Wildman–Crippen LogP) is 1.92. The lowest BCUT2D eigenvalue weighted by Crippen LogP contribution is -2.15. The van der Waals surface area contributed by atoms with Crippen molar-refractivity contribution in [1.82, 2.24) is 0 Å². The lowest BCUT2D eigenvalue weighted by atomic mass is 10.0. The molecule has 1 aliphatic rings. The van der Waals surface area contributed by atoms with E-state index in [1.807, 2.05) is 6.07 Å². The zero-order chi connectivity index (χ0) is 11.4. The van der Waals surface area contributed by atoms with Crippen LogP contribution in [0.15, 0.2) is 18.2 Å². The number of ether oxygens (including phenoxy) is 1. The molecule has 0 aromatic heterocycles. The molecule has 1 heterocycles. The van der Waals surface area contributed by atoms with E-state index < -0.39 is 0 Å². The number of fused-ring (bicyclic) bond motifs is 1. The van der Waals surface area contributed by atoms with Gasteiger partial charge in [0.25, 0.3) is 0 Å². The first-order valence-electron chi connectivity index (χ1n) is 4.97. The first-order chi connectivity index (χ1) is 7.81. The van der Waals surface area contributed by atoms with Crippen molar-refractivity contribution in [2.45, 2.75) is 12.8 Å². The van der Waals surface area contributed by atoms with Gasteiger partial charge < -0.3 is 4.74 Å². The van der Waals surface area contributed by atoms with E-state index >= 15 is 0 Å². The lowest BCUT2D eigenvalue weighted by Gasteiger charge is -2.15. The molecule has 1 aliphatic heterocycles. The summed E-state index contributed by atoms with van der Waals surface area (Å²) in [6.45, 7) is 0.431. The van der Waals surface area contributed by atoms with Gasteiger partial charge in [0.1, 0.15) is 5.75 Å². The Morgan fingerprint density at radius 1 is 1.44 bits per heavy atom. The van der Waals surface area contributed by atoms with Gasteiger partial charge in [-0.05, 0) is 18.2 Å². The van der Waals surface area contributed by atoms with Crippen LogP contribution in [-0.2, 0) is 0 Å². The summed E-state index contributed by atoms with van der Waals surface area (Å²) in [6, 6.07) is 7.20. The molecular formula is C13H9NO2. The van der Waals surface area contributed by atoms with Gasteiger partial charge >= 0.3 is 0 Å². The number of Topliss-reactive ketones (excluding diaryl/α,β-unsaturated/α-hetero) is 1. The van der Waals surface area contributed by atoms with Crippen LogP contribution >= 0.6 is 0 Å². The van der Waals surface area contributed by atoms with Gasteiger partial charge in [-0.3, -0.25) is 4.79 Å². The Morgan fingerprint density at radius 2 is 2.31 bits per heavy atom. The Kier molecular flexibility index (Phi) is 2.89. The van der Waals surface area contributed by atoms with Crippen molar-refractivity contribution in [3.8, 4) is 23.7 Å². The molecule has 0 aliphatic carbocycles. The summed E-state index contributed by atoms with van der Waals surface area (Å²) in [5.74, 6) is 6.27. The fourth-order valence-corrected chi connectivity index (χ4v) is 1.52. The minimum atomic E-state index is 0.109. The highest BCUT2D eigenvalue weighted by molar-refractivity contribution is 5.99. The fraction of sp³-hybridized carbons (Fsp3) is 0.231. The highest BCUT2D eigenvalue weighted by Gasteiger charge is 2.17. The SMILES string of the molecule is N#CCC#Cc1ccc2c(c1)OCCC2=O. The topological polar surface area (TPSA) is 50.1 Å². The standard InChI is InChI=1S/C13H9NO2/c14-7-2-1-3-10-4-5-11-12(15)6-8-16-13(11)9-10/h4-5,9H,2,6,8H2. The van der Waals surface area contributed by atoms with Crippen LogP contribution in [-0.4, -0.2) is 12.4 Å². The van der Waals surface area contributed by atoms with Crippen LogP contribution in [0.2, 0.25) is 0 Å². The number of hydrogen-bond acceptors (Lipinski definition) is 3. The number of carbonyl (C=O) groups is 1.